The van der Waals surface area contributed by atoms with Crippen molar-refractivity contribution in [3.05, 3.63) is 40.4 Å². The lowest BCUT2D eigenvalue weighted by Crippen LogP contribution is -2.39. The molecule has 3 aromatic rings. The van der Waals surface area contributed by atoms with Gasteiger partial charge in [0.2, 0.25) is 11.5 Å². The van der Waals surface area contributed by atoms with E-state index in [1.54, 1.807) is 18.5 Å². The molecule has 0 aromatic carbocycles. The smallest absolute Gasteiger partial charge is 0.250 e. The van der Waals surface area contributed by atoms with Gasteiger partial charge in [0.25, 0.3) is 5.92 Å². The van der Waals surface area contributed by atoms with Gasteiger partial charge in [-0.2, -0.15) is 4.98 Å². The number of anilines is 2. The summed E-state index contributed by atoms with van der Waals surface area (Å²) in [5.41, 5.74) is 8.21. The first-order valence-corrected chi connectivity index (χ1v) is 12.3. The lowest BCUT2D eigenvalue weighted by molar-refractivity contribution is -0.0566. The van der Waals surface area contributed by atoms with Gasteiger partial charge in [-0.15, -0.1) is 0 Å². The highest BCUT2D eigenvalue weighted by Gasteiger charge is 2.34. The van der Waals surface area contributed by atoms with E-state index in [9.17, 15) is 18.7 Å². The Kier molecular flexibility index (Phi) is 7.51. The van der Waals surface area contributed by atoms with E-state index >= 15 is 0 Å². The molecule has 0 bridgehead atoms. The summed E-state index contributed by atoms with van der Waals surface area (Å²) in [6.45, 7) is 4.90. The van der Waals surface area contributed by atoms with E-state index in [1.807, 2.05) is 11.8 Å². The molecule has 1 atom stereocenters. The van der Waals surface area contributed by atoms with Crippen molar-refractivity contribution in [1.29, 1.82) is 0 Å². The minimum absolute atomic E-state index is 0.0557. The Balaban J connectivity index is 1.68. The monoisotopic (exact) mass is 501 g/mol. The predicted octanol–water partition coefficient (Wildman–Crippen LogP) is 3.55. The molecule has 0 amide bonds. The second kappa shape index (κ2) is 10.4. The SMILES string of the molecule is CCCC[C@](C)(CO)Nc1nc(N)nc2cc(-c3cc(=O)[nH]cc3CN3CCC(F)(F)CC3)cnc12. The number of nitrogens with one attached hydrogen (secondary N) is 2. The third-order valence-electron chi connectivity index (χ3n) is 6.71. The van der Waals surface area contributed by atoms with E-state index in [-0.39, 0.29) is 44.0 Å². The first kappa shape index (κ1) is 25.9. The number of nitrogens with two attached hydrogens (primary N) is 1. The number of hydrogen-bond donors (Lipinski definition) is 4. The van der Waals surface area contributed by atoms with Crippen molar-refractivity contribution in [2.75, 3.05) is 30.7 Å². The number of fused-ring (bicyclic) bond motifs is 1. The van der Waals surface area contributed by atoms with Crippen molar-refractivity contribution < 1.29 is 13.9 Å². The average molecular weight is 502 g/mol. The van der Waals surface area contributed by atoms with Gasteiger partial charge >= 0.3 is 0 Å². The molecule has 11 heteroatoms. The fourth-order valence-corrected chi connectivity index (χ4v) is 4.49. The van der Waals surface area contributed by atoms with Gasteiger partial charge in [0.1, 0.15) is 5.52 Å². The van der Waals surface area contributed by atoms with Crippen LogP contribution in [-0.2, 0) is 6.54 Å². The first-order chi connectivity index (χ1) is 17.1. The van der Waals surface area contributed by atoms with Gasteiger partial charge in [0.05, 0.1) is 17.7 Å². The number of unbranched alkanes of at least 4 members (excludes halogenated alkanes) is 1. The van der Waals surface area contributed by atoms with Crippen LogP contribution in [0, 0.1) is 0 Å². The molecule has 194 valence electrons. The van der Waals surface area contributed by atoms with Crippen LogP contribution in [0.3, 0.4) is 0 Å². The molecule has 1 saturated heterocycles. The highest BCUT2D eigenvalue weighted by molar-refractivity contribution is 5.89. The number of nitrogen functional groups attached to an aromatic ring is 1. The van der Waals surface area contributed by atoms with Gasteiger partial charge in [0, 0.05) is 56.5 Å². The topological polar surface area (TPSA) is 133 Å². The third kappa shape index (κ3) is 5.96. The minimum Gasteiger partial charge on any atom is -0.394 e. The van der Waals surface area contributed by atoms with Crippen LogP contribution < -0.4 is 16.6 Å². The van der Waals surface area contributed by atoms with Crippen LogP contribution in [0.15, 0.2) is 29.3 Å². The molecule has 0 aliphatic carbocycles. The summed E-state index contributed by atoms with van der Waals surface area (Å²) >= 11 is 0. The molecule has 1 aliphatic rings. The molecule has 36 heavy (non-hydrogen) atoms. The van der Waals surface area contributed by atoms with Crippen molar-refractivity contribution >= 4 is 22.8 Å². The lowest BCUT2D eigenvalue weighted by atomic mass is 9.96. The third-order valence-corrected chi connectivity index (χ3v) is 6.71. The van der Waals surface area contributed by atoms with Crippen molar-refractivity contribution in [2.24, 2.45) is 0 Å². The largest absolute Gasteiger partial charge is 0.394 e. The number of aliphatic hydroxyl groups excluding tert-OH is 1. The molecule has 4 rings (SSSR count). The van der Waals surface area contributed by atoms with Crippen LogP contribution in [0.25, 0.3) is 22.2 Å². The summed E-state index contributed by atoms with van der Waals surface area (Å²) in [7, 11) is 0. The Labute approximate surface area is 208 Å². The molecule has 9 nitrogen and oxygen atoms in total. The number of rotatable bonds is 9. The number of H-pyrrole nitrogens is 1. The molecule has 0 unspecified atom stereocenters. The number of nitrogens with zero attached hydrogens (tertiary/aromatic N) is 4. The number of alkyl halides is 2. The summed E-state index contributed by atoms with van der Waals surface area (Å²) < 4.78 is 27.2. The van der Waals surface area contributed by atoms with E-state index in [0.717, 1.165) is 24.8 Å². The van der Waals surface area contributed by atoms with E-state index in [1.165, 1.54) is 6.07 Å². The molecule has 0 spiro atoms. The van der Waals surface area contributed by atoms with Gasteiger partial charge in [-0.1, -0.05) is 19.8 Å². The van der Waals surface area contributed by atoms with Gasteiger partial charge in [-0.05, 0) is 30.5 Å². The van der Waals surface area contributed by atoms with Crippen LogP contribution in [0.5, 0.6) is 0 Å². The predicted molar refractivity (Wildman–Crippen MR) is 136 cm³/mol. The number of piperidine rings is 1. The van der Waals surface area contributed by atoms with Gasteiger partial charge in [-0.3, -0.25) is 14.7 Å². The Morgan fingerprint density at radius 3 is 2.72 bits per heavy atom. The lowest BCUT2D eigenvalue weighted by Gasteiger charge is -2.32. The maximum absolute atomic E-state index is 13.6. The highest BCUT2D eigenvalue weighted by Crippen LogP contribution is 2.32. The number of likely N-dealkylation sites (tertiary alicyclic amines) is 1. The maximum atomic E-state index is 13.6. The Bertz CT molecular complexity index is 1270. The molecule has 3 aromatic heterocycles. The fourth-order valence-electron chi connectivity index (χ4n) is 4.49. The van der Waals surface area contributed by atoms with Gasteiger partial charge in [0.15, 0.2) is 5.82 Å². The van der Waals surface area contributed by atoms with Crippen LogP contribution in [-0.4, -0.2) is 61.1 Å². The number of hydrogen-bond acceptors (Lipinski definition) is 8. The molecule has 1 aliphatic heterocycles. The number of aromatic nitrogens is 4. The quantitative estimate of drug-likeness (QED) is 0.350. The van der Waals surface area contributed by atoms with Crippen molar-refractivity contribution in [2.45, 2.75) is 64.0 Å². The number of aliphatic hydroxyl groups is 1. The van der Waals surface area contributed by atoms with Crippen LogP contribution in [0.1, 0.15) is 51.5 Å². The second-order valence-electron chi connectivity index (χ2n) is 9.84. The molecule has 0 saturated carbocycles. The average Bonchev–Trinajstić information content (AvgIpc) is 2.84. The normalized spacial score (nSPS) is 17.7. The minimum atomic E-state index is -2.62. The summed E-state index contributed by atoms with van der Waals surface area (Å²) in [5, 5.41) is 13.3. The van der Waals surface area contributed by atoms with E-state index in [2.05, 4.69) is 32.2 Å². The van der Waals surface area contributed by atoms with Crippen molar-refractivity contribution in [3.63, 3.8) is 0 Å². The molecule has 1 fully saturated rings. The summed E-state index contributed by atoms with van der Waals surface area (Å²) in [6, 6.07) is 3.27. The fraction of sp³-hybridized carbons (Fsp3) is 0.520. The van der Waals surface area contributed by atoms with E-state index in [4.69, 9.17) is 5.73 Å². The van der Waals surface area contributed by atoms with Crippen LogP contribution in [0.4, 0.5) is 20.5 Å². The first-order valence-electron chi connectivity index (χ1n) is 12.3. The molecule has 4 heterocycles. The zero-order chi connectivity index (χ0) is 25.9. The summed E-state index contributed by atoms with van der Waals surface area (Å²) in [6.07, 6.45) is 5.56. The zero-order valence-corrected chi connectivity index (χ0v) is 20.7. The van der Waals surface area contributed by atoms with Gasteiger partial charge < -0.3 is 21.1 Å². The van der Waals surface area contributed by atoms with Crippen LogP contribution >= 0.6 is 0 Å². The van der Waals surface area contributed by atoms with Crippen molar-refractivity contribution in [1.82, 2.24) is 24.8 Å². The summed E-state index contributed by atoms with van der Waals surface area (Å²) in [4.78, 5) is 30.1. The number of pyridine rings is 2. The molecular formula is C25H33F2N7O2. The molecule has 0 radical (unpaired) electrons. The second-order valence-corrected chi connectivity index (χ2v) is 9.84. The van der Waals surface area contributed by atoms with Crippen LogP contribution in [0.2, 0.25) is 0 Å². The van der Waals surface area contributed by atoms with E-state index in [0.29, 0.717) is 34.5 Å². The van der Waals surface area contributed by atoms with E-state index < -0.39 is 11.5 Å². The Hall–Kier alpha value is -3.18. The number of halogens is 2. The zero-order valence-electron chi connectivity index (χ0n) is 20.7. The Morgan fingerprint density at radius 1 is 1.28 bits per heavy atom. The summed E-state index contributed by atoms with van der Waals surface area (Å²) in [5.74, 6) is -2.14. The molecular weight excluding hydrogens is 468 g/mol. The van der Waals surface area contributed by atoms with Gasteiger partial charge in [-0.25, -0.2) is 13.8 Å². The molecule has 5 N–H and O–H groups in total. The standard InChI is InChI=1S/C25H33F2N7O2/c1-3-4-5-24(2,15-35)33-22-21-19(31-23(28)32-22)10-16(12-30-21)18-11-20(36)29-13-17(18)14-34-8-6-25(26,27)7-9-34/h10-13,35H,3-9,14-15H2,1-2H3,(H,29,36)(H3,28,31,32,33)/t24-/m1/s1. The highest BCUT2D eigenvalue weighted by atomic mass is 19.3. The maximum Gasteiger partial charge on any atom is 0.250 e. The van der Waals surface area contributed by atoms with Crippen molar-refractivity contribution in [3.8, 4) is 11.1 Å². The number of aromatic amines is 1. The Morgan fingerprint density at radius 2 is 2.03 bits per heavy atom.